The predicted octanol–water partition coefficient (Wildman–Crippen LogP) is 3.25. The van der Waals surface area contributed by atoms with Gasteiger partial charge < -0.3 is 9.53 Å². The fourth-order valence-electron chi connectivity index (χ4n) is 1.08. The molecular formula is C12H15BrCl2N2O3. The number of carbonyl (C=O) groups is 2. The Hall–Kier alpha value is -0.720. The van der Waals surface area contributed by atoms with Crippen molar-refractivity contribution in [2.75, 3.05) is 11.9 Å². The van der Waals surface area contributed by atoms with Crippen LogP contribution in [0.1, 0.15) is 25.8 Å². The smallest absolute Gasteiger partial charge is 0.316 e. The van der Waals surface area contributed by atoms with Gasteiger partial charge in [0.1, 0.15) is 27.7 Å². The number of rotatable bonds is 5. The quantitative estimate of drug-likeness (QED) is 0.442. The zero-order valence-corrected chi connectivity index (χ0v) is 14.3. The molecule has 0 spiro atoms. The van der Waals surface area contributed by atoms with Crippen molar-refractivity contribution in [3.63, 3.8) is 0 Å². The van der Waals surface area contributed by atoms with Crippen LogP contribution in [0.2, 0.25) is 10.3 Å². The first kappa shape index (κ1) is 19.3. The number of aromatic nitrogens is 2. The molecule has 0 aliphatic rings. The highest BCUT2D eigenvalue weighted by atomic mass is 79.9. The van der Waals surface area contributed by atoms with Gasteiger partial charge in [0, 0.05) is 12.0 Å². The Morgan fingerprint density at radius 3 is 2.20 bits per heavy atom. The average Bonchev–Trinajstić information content (AvgIpc) is 2.39. The topological polar surface area (TPSA) is 69.2 Å². The van der Waals surface area contributed by atoms with Crippen molar-refractivity contribution in [3.05, 3.63) is 22.2 Å². The van der Waals surface area contributed by atoms with E-state index in [0.29, 0.717) is 40.6 Å². The van der Waals surface area contributed by atoms with Gasteiger partial charge in [0.15, 0.2) is 0 Å². The van der Waals surface area contributed by atoms with Crippen molar-refractivity contribution in [2.24, 2.45) is 0 Å². The third-order valence-electron chi connectivity index (χ3n) is 1.98. The molecule has 20 heavy (non-hydrogen) atoms. The van der Waals surface area contributed by atoms with Crippen LogP contribution in [0.5, 0.6) is 0 Å². The van der Waals surface area contributed by atoms with Crippen LogP contribution in [-0.4, -0.2) is 33.7 Å². The van der Waals surface area contributed by atoms with E-state index in [2.05, 4.69) is 30.6 Å². The number of hydrogen-bond acceptors (Lipinski definition) is 5. The molecule has 0 saturated heterocycles. The molecule has 1 heterocycles. The molecule has 8 heteroatoms. The van der Waals surface area contributed by atoms with Gasteiger partial charge in [-0.25, -0.2) is 9.97 Å². The highest BCUT2D eigenvalue weighted by Gasteiger charge is 2.08. The molecule has 1 aromatic heterocycles. The summed E-state index contributed by atoms with van der Waals surface area (Å²) in [5.41, 5.74) is 0.640. The predicted molar refractivity (Wildman–Crippen MR) is 81.5 cm³/mol. The van der Waals surface area contributed by atoms with E-state index in [1.165, 1.54) is 13.3 Å². The molecule has 0 aliphatic carbocycles. The van der Waals surface area contributed by atoms with E-state index in [9.17, 15) is 9.59 Å². The van der Waals surface area contributed by atoms with Crippen molar-refractivity contribution in [3.8, 4) is 0 Å². The van der Waals surface area contributed by atoms with Crippen LogP contribution in [0.25, 0.3) is 0 Å². The Balaban J connectivity index is 0.000000441. The van der Waals surface area contributed by atoms with E-state index in [1.807, 2.05) is 0 Å². The van der Waals surface area contributed by atoms with E-state index in [-0.39, 0.29) is 11.8 Å². The Kier molecular flexibility index (Phi) is 10.6. The summed E-state index contributed by atoms with van der Waals surface area (Å²) in [6.07, 6.45) is 2.20. The molecule has 0 radical (unpaired) electrons. The molecule has 0 saturated carbocycles. The summed E-state index contributed by atoms with van der Waals surface area (Å²) in [6, 6.07) is 0. The molecule has 0 atom stereocenters. The second kappa shape index (κ2) is 11.0. The first-order chi connectivity index (χ1) is 9.42. The Morgan fingerprint density at radius 2 is 1.85 bits per heavy atom. The number of ketones is 1. The summed E-state index contributed by atoms with van der Waals surface area (Å²) in [7, 11) is 0. The van der Waals surface area contributed by atoms with Gasteiger partial charge in [0.05, 0.1) is 6.61 Å². The maximum absolute atomic E-state index is 10.7. The SMILES string of the molecule is CC(=O)CCc1c(Cl)ncnc1Cl.CCOC(=O)CBr. The number of hydrogen-bond donors (Lipinski definition) is 0. The van der Waals surface area contributed by atoms with E-state index < -0.39 is 0 Å². The molecule has 0 bridgehead atoms. The first-order valence-electron chi connectivity index (χ1n) is 5.78. The summed E-state index contributed by atoms with van der Waals surface area (Å²) in [6.45, 7) is 3.76. The van der Waals surface area contributed by atoms with E-state index in [0.717, 1.165) is 0 Å². The third kappa shape index (κ3) is 8.45. The highest BCUT2D eigenvalue weighted by molar-refractivity contribution is 9.09. The van der Waals surface area contributed by atoms with Gasteiger partial charge in [-0.2, -0.15) is 0 Å². The minimum absolute atomic E-state index is 0.0935. The molecule has 5 nitrogen and oxygen atoms in total. The first-order valence-corrected chi connectivity index (χ1v) is 7.66. The fourth-order valence-corrected chi connectivity index (χ4v) is 1.74. The second-order valence-corrected chi connectivity index (χ2v) is 4.85. The number of Topliss-reactive ketones (excluding diaryl/α,β-unsaturated/α-hetero) is 1. The molecule has 0 amide bonds. The molecule has 0 unspecified atom stereocenters. The zero-order valence-electron chi connectivity index (χ0n) is 11.2. The van der Waals surface area contributed by atoms with Crippen LogP contribution in [0.3, 0.4) is 0 Å². The van der Waals surface area contributed by atoms with Crippen molar-refractivity contribution >= 4 is 50.9 Å². The van der Waals surface area contributed by atoms with Gasteiger partial charge in [0.25, 0.3) is 0 Å². The lowest BCUT2D eigenvalue weighted by Crippen LogP contribution is -2.03. The third-order valence-corrected chi connectivity index (χ3v) is 3.09. The molecule has 1 rings (SSSR count). The van der Waals surface area contributed by atoms with E-state index in [4.69, 9.17) is 23.2 Å². The lowest BCUT2D eigenvalue weighted by Gasteiger charge is -2.02. The molecule has 1 aromatic rings. The van der Waals surface area contributed by atoms with Crippen molar-refractivity contribution in [1.82, 2.24) is 9.97 Å². The molecule has 0 N–H and O–H groups in total. The number of nitrogens with zero attached hydrogens (tertiary/aromatic N) is 2. The lowest BCUT2D eigenvalue weighted by atomic mass is 10.1. The Bertz CT molecular complexity index is 438. The van der Waals surface area contributed by atoms with Crippen LogP contribution in [-0.2, 0) is 20.7 Å². The van der Waals surface area contributed by atoms with Crippen LogP contribution in [0, 0.1) is 0 Å². The standard InChI is InChI=1S/C8H8Cl2N2O.C4H7BrO2/c1-5(13)2-3-6-7(9)11-4-12-8(6)10;1-2-7-4(6)3-5/h4H,2-3H2,1H3;2-3H2,1H3. The van der Waals surface area contributed by atoms with Gasteiger partial charge in [0.2, 0.25) is 0 Å². The minimum atomic E-state index is -0.206. The number of alkyl halides is 1. The van der Waals surface area contributed by atoms with Gasteiger partial charge in [-0.15, -0.1) is 0 Å². The molecule has 0 aromatic carbocycles. The highest BCUT2D eigenvalue weighted by Crippen LogP contribution is 2.20. The molecule has 0 fully saturated rings. The van der Waals surface area contributed by atoms with Crippen LogP contribution < -0.4 is 0 Å². The van der Waals surface area contributed by atoms with E-state index >= 15 is 0 Å². The number of ether oxygens (including phenoxy) is 1. The maximum Gasteiger partial charge on any atom is 0.316 e. The zero-order chi connectivity index (χ0) is 15.5. The van der Waals surface area contributed by atoms with Crippen LogP contribution in [0.4, 0.5) is 0 Å². The molecule has 112 valence electrons. The van der Waals surface area contributed by atoms with Gasteiger partial charge in [-0.3, -0.25) is 4.79 Å². The summed E-state index contributed by atoms with van der Waals surface area (Å²) in [5, 5.41) is 0.934. The van der Waals surface area contributed by atoms with Gasteiger partial charge >= 0.3 is 5.97 Å². The second-order valence-electron chi connectivity index (χ2n) is 3.57. The van der Waals surface area contributed by atoms with Crippen LogP contribution >= 0.6 is 39.1 Å². The normalized spacial score (nSPS) is 9.45. The van der Waals surface area contributed by atoms with Crippen molar-refractivity contribution in [2.45, 2.75) is 26.7 Å². The summed E-state index contributed by atoms with van der Waals surface area (Å²) in [5.74, 6) is -0.113. The number of esters is 1. The summed E-state index contributed by atoms with van der Waals surface area (Å²) >= 11 is 14.5. The van der Waals surface area contributed by atoms with Crippen molar-refractivity contribution in [1.29, 1.82) is 0 Å². The molecule has 0 aliphatic heterocycles. The lowest BCUT2D eigenvalue weighted by molar-refractivity contribution is -0.139. The minimum Gasteiger partial charge on any atom is -0.465 e. The van der Waals surface area contributed by atoms with Crippen molar-refractivity contribution < 1.29 is 14.3 Å². The fraction of sp³-hybridized carbons (Fsp3) is 0.500. The largest absolute Gasteiger partial charge is 0.465 e. The number of halogens is 3. The summed E-state index contributed by atoms with van der Waals surface area (Å²) < 4.78 is 4.51. The monoisotopic (exact) mass is 384 g/mol. The maximum atomic E-state index is 10.7. The number of carbonyl (C=O) groups excluding carboxylic acids is 2. The Morgan fingerprint density at radius 1 is 1.30 bits per heavy atom. The van der Waals surface area contributed by atoms with Gasteiger partial charge in [-0.1, -0.05) is 39.1 Å². The molecular weight excluding hydrogens is 371 g/mol. The van der Waals surface area contributed by atoms with Crippen LogP contribution in [0.15, 0.2) is 6.33 Å². The van der Waals surface area contributed by atoms with Gasteiger partial charge in [-0.05, 0) is 20.3 Å². The van der Waals surface area contributed by atoms with E-state index in [1.54, 1.807) is 6.92 Å². The Labute approximate surface area is 136 Å². The summed E-state index contributed by atoms with van der Waals surface area (Å²) in [4.78, 5) is 28.4. The average molecular weight is 386 g/mol.